The van der Waals surface area contributed by atoms with Crippen LogP contribution in [-0.2, 0) is 9.59 Å². The topological polar surface area (TPSA) is 69.6 Å². The minimum absolute atomic E-state index is 0.179. The second kappa shape index (κ2) is 5.99. The average molecular weight is 296 g/mol. The summed E-state index contributed by atoms with van der Waals surface area (Å²) in [5.74, 6) is -2.84. The third-order valence-corrected chi connectivity index (χ3v) is 3.66. The smallest absolute Gasteiger partial charge is 0.406 e. The molecule has 0 bridgehead atoms. The van der Waals surface area contributed by atoms with Crippen LogP contribution in [0.2, 0.25) is 0 Å². The Morgan fingerprint density at radius 3 is 2.45 bits per heavy atom. The molecule has 0 spiro atoms. The summed E-state index contributed by atoms with van der Waals surface area (Å²) >= 11 is 0. The minimum atomic E-state index is -4.86. The molecule has 20 heavy (non-hydrogen) atoms. The Hall–Kier alpha value is -1.31. The maximum Gasteiger partial charge on any atom is 0.406 e. The summed E-state index contributed by atoms with van der Waals surface area (Å²) in [6.45, 7) is 3.49. The van der Waals surface area contributed by atoms with Crippen molar-refractivity contribution in [3.05, 3.63) is 0 Å². The van der Waals surface area contributed by atoms with Crippen molar-refractivity contribution in [3.63, 3.8) is 0 Å². The van der Waals surface area contributed by atoms with Crippen LogP contribution < -0.4 is 5.32 Å². The largest absolute Gasteiger partial charge is 0.481 e. The van der Waals surface area contributed by atoms with Gasteiger partial charge in [-0.1, -0.05) is 13.8 Å². The summed E-state index contributed by atoms with van der Waals surface area (Å²) in [6, 6.07) is 0. The van der Waals surface area contributed by atoms with E-state index in [9.17, 15) is 22.8 Å². The van der Waals surface area contributed by atoms with Crippen molar-refractivity contribution in [2.24, 2.45) is 11.3 Å². The summed E-state index contributed by atoms with van der Waals surface area (Å²) < 4.78 is 38.9. The lowest BCUT2D eigenvalue weighted by atomic mass is 9.86. The molecule has 0 aromatic heterocycles. The third-order valence-electron chi connectivity index (χ3n) is 3.66. The molecule has 1 saturated heterocycles. The molecule has 1 fully saturated rings. The summed E-state index contributed by atoms with van der Waals surface area (Å²) in [5, 5.41) is 11.8. The van der Waals surface area contributed by atoms with Crippen LogP contribution in [0.1, 0.15) is 20.3 Å². The van der Waals surface area contributed by atoms with Crippen molar-refractivity contribution in [1.82, 2.24) is 10.2 Å². The van der Waals surface area contributed by atoms with Crippen LogP contribution in [0.3, 0.4) is 0 Å². The van der Waals surface area contributed by atoms with Gasteiger partial charge in [-0.25, -0.2) is 0 Å². The van der Waals surface area contributed by atoms with E-state index in [1.807, 2.05) is 6.92 Å². The Balaban J connectivity index is 2.79. The van der Waals surface area contributed by atoms with Gasteiger partial charge >= 0.3 is 12.1 Å². The first-order valence-corrected chi connectivity index (χ1v) is 6.45. The lowest BCUT2D eigenvalue weighted by Gasteiger charge is -2.28. The zero-order chi connectivity index (χ0) is 15.6. The Morgan fingerprint density at radius 1 is 1.45 bits per heavy atom. The highest BCUT2D eigenvalue weighted by Crippen LogP contribution is 2.45. The van der Waals surface area contributed by atoms with Crippen LogP contribution in [0, 0.1) is 11.3 Å². The van der Waals surface area contributed by atoms with Crippen molar-refractivity contribution in [1.29, 1.82) is 0 Å². The number of alkyl halides is 3. The molecule has 2 unspecified atom stereocenters. The molecule has 1 rings (SSSR count). The highest BCUT2D eigenvalue weighted by atomic mass is 19.4. The number of hydrogen-bond donors (Lipinski definition) is 2. The first-order chi connectivity index (χ1) is 9.15. The Bertz CT molecular complexity index is 387. The van der Waals surface area contributed by atoms with E-state index in [0.29, 0.717) is 13.1 Å². The number of halogens is 3. The zero-order valence-corrected chi connectivity index (χ0v) is 11.5. The van der Waals surface area contributed by atoms with E-state index >= 15 is 0 Å². The molecule has 1 heterocycles. The number of nitrogens with zero attached hydrogens (tertiary/aromatic N) is 1. The highest BCUT2D eigenvalue weighted by molar-refractivity contribution is 5.82. The summed E-state index contributed by atoms with van der Waals surface area (Å²) in [6.07, 6.45) is -5.45. The maximum absolute atomic E-state index is 13.0. The Morgan fingerprint density at radius 2 is 2.05 bits per heavy atom. The SMILES string of the molecule is CCNCC(C)C(=O)N1CCC(C(=O)O)(C(F)(F)F)C1. The molecule has 0 saturated carbocycles. The van der Waals surface area contributed by atoms with Gasteiger partial charge in [0.25, 0.3) is 0 Å². The first-order valence-electron chi connectivity index (χ1n) is 6.45. The van der Waals surface area contributed by atoms with E-state index in [2.05, 4.69) is 5.32 Å². The lowest BCUT2D eigenvalue weighted by molar-refractivity contribution is -0.227. The van der Waals surface area contributed by atoms with Crippen LogP contribution >= 0.6 is 0 Å². The Labute approximate surface area is 115 Å². The Kier molecular flexibility index (Phi) is 5.01. The molecule has 0 aliphatic carbocycles. The molecule has 8 heteroatoms. The van der Waals surface area contributed by atoms with Crippen LogP contribution in [0.25, 0.3) is 0 Å². The molecule has 2 atom stereocenters. The van der Waals surface area contributed by atoms with Crippen LogP contribution in [-0.4, -0.2) is 54.2 Å². The van der Waals surface area contributed by atoms with Crippen molar-refractivity contribution < 1.29 is 27.9 Å². The van der Waals surface area contributed by atoms with Crippen LogP contribution in [0.15, 0.2) is 0 Å². The average Bonchev–Trinajstić information content (AvgIpc) is 2.80. The van der Waals surface area contributed by atoms with E-state index in [4.69, 9.17) is 5.11 Å². The van der Waals surface area contributed by atoms with E-state index in [1.165, 1.54) is 0 Å². The number of nitrogens with one attached hydrogen (secondary N) is 1. The van der Waals surface area contributed by atoms with Crippen LogP contribution in [0.4, 0.5) is 13.2 Å². The standard InChI is InChI=1S/C12H19F3N2O3/c1-3-16-6-8(2)9(18)17-5-4-11(7-17,10(19)20)12(13,14)15/h8,16H,3-7H2,1-2H3,(H,19,20). The molecule has 5 nitrogen and oxygen atoms in total. The first kappa shape index (κ1) is 16.7. The summed E-state index contributed by atoms with van der Waals surface area (Å²) in [4.78, 5) is 24.0. The number of carbonyl (C=O) groups is 2. The van der Waals surface area contributed by atoms with E-state index < -0.39 is 42.4 Å². The highest BCUT2D eigenvalue weighted by Gasteiger charge is 2.64. The van der Waals surface area contributed by atoms with Gasteiger partial charge in [0.1, 0.15) is 0 Å². The second-order valence-electron chi connectivity index (χ2n) is 5.10. The molecule has 2 N–H and O–H groups in total. The molecule has 1 aliphatic heterocycles. The van der Waals surface area contributed by atoms with E-state index in [1.54, 1.807) is 6.92 Å². The molecule has 0 radical (unpaired) electrons. The number of amides is 1. The maximum atomic E-state index is 13.0. The third kappa shape index (κ3) is 3.05. The number of aliphatic carboxylic acids is 1. The molecule has 1 aliphatic rings. The van der Waals surface area contributed by atoms with Gasteiger partial charge < -0.3 is 15.3 Å². The second-order valence-corrected chi connectivity index (χ2v) is 5.10. The number of rotatable bonds is 5. The number of carboxylic acids is 1. The fraction of sp³-hybridized carbons (Fsp3) is 0.833. The number of carboxylic acid groups (broad SMARTS) is 1. The fourth-order valence-corrected chi connectivity index (χ4v) is 2.28. The number of hydrogen-bond acceptors (Lipinski definition) is 3. The van der Waals surface area contributed by atoms with E-state index in [-0.39, 0.29) is 6.54 Å². The summed E-state index contributed by atoms with van der Waals surface area (Å²) in [7, 11) is 0. The lowest BCUT2D eigenvalue weighted by Crippen LogP contribution is -2.48. The number of likely N-dealkylation sites (tertiary alicyclic amines) is 1. The van der Waals surface area contributed by atoms with Gasteiger partial charge in [-0.05, 0) is 13.0 Å². The predicted octanol–water partition coefficient (Wildman–Crippen LogP) is 1.10. The zero-order valence-electron chi connectivity index (χ0n) is 11.5. The molecular weight excluding hydrogens is 277 g/mol. The normalized spacial score (nSPS) is 24.8. The molecule has 0 aromatic carbocycles. The predicted molar refractivity (Wildman–Crippen MR) is 65.0 cm³/mol. The quantitative estimate of drug-likeness (QED) is 0.797. The van der Waals surface area contributed by atoms with Crippen molar-refractivity contribution in [2.75, 3.05) is 26.2 Å². The van der Waals surface area contributed by atoms with Gasteiger partial charge in [0.2, 0.25) is 5.91 Å². The van der Waals surface area contributed by atoms with Crippen molar-refractivity contribution >= 4 is 11.9 Å². The van der Waals surface area contributed by atoms with Gasteiger partial charge in [0, 0.05) is 25.6 Å². The van der Waals surface area contributed by atoms with Crippen LogP contribution in [0.5, 0.6) is 0 Å². The van der Waals surface area contributed by atoms with Gasteiger partial charge in [0.15, 0.2) is 5.41 Å². The molecular formula is C12H19F3N2O3. The van der Waals surface area contributed by atoms with Crippen molar-refractivity contribution in [3.8, 4) is 0 Å². The summed E-state index contributed by atoms with van der Waals surface area (Å²) in [5.41, 5.74) is -2.83. The number of carbonyl (C=O) groups excluding carboxylic acids is 1. The molecule has 1 amide bonds. The fourth-order valence-electron chi connectivity index (χ4n) is 2.28. The van der Waals surface area contributed by atoms with Gasteiger partial charge in [0.05, 0.1) is 0 Å². The van der Waals surface area contributed by atoms with Gasteiger partial charge in [-0.3, -0.25) is 9.59 Å². The van der Waals surface area contributed by atoms with Gasteiger partial charge in [-0.15, -0.1) is 0 Å². The minimum Gasteiger partial charge on any atom is -0.481 e. The molecule has 0 aromatic rings. The van der Waals surface area contributed by atoms with Crippen molar-refractivity contribution in [2.45, 2.75) is 26.4 Å². The monoisotopic (exact) mass is 296 g/mol. The van der Waals surface area contributed by atoms with Gasteiger partial charge in [-0.2, -0.15) is 13.2 Å². The van der Waals surface area contributed by atoms with E-state index in [0.717, 1.165) is 4.90 Å². The molecule has 116 valence electrons.